The summed E-state index contributed by atoms with van der Waals surface area (Å²) in [5, 5.41) is 11.5. The predicted octanol–water partition coefficient (Wildman–Crippen LogP) is 1.84. The number of halogens is 1. The van der Waals surface area contributed by atoms with Gasteiger partial charge >= 0.3 is 0 Å². The second kappa shape index (κ2) is 5.63. The van der Waals surface area contributed by atoms with Crippen LogP contribution in [0.1, 0.15) is 20.3 Å². The van der Waals surface area contributed by atoms with Crippen LogP contribution in [0.5, 0.6) is 5.75 Å². The van der Waals surface area contributed by atoms with Crippen molar-refractivity contribution in [2.45, 2.75) is 26.3 Å². The molecule has 0 saturated carbocycles. The van der Waals surface area contributed by atoms with Crippen molar-refractivity contribution in [2.75, 3.05) is 5.32 Å². The third kappa shape index (κ3) is 4.03. The molecule has 0 aliphatic rings. The molecular formula is C12H17FN2O2. The average Bonchev–Trinajstić information content (AvgIpc) is 2.22. The van der Waals surface area contributed by atoms with Gasteiger partial charge in [0.1, 0.15) is 0 Å². The van der Waals surface area contributed by atoms with E-state index in [1.165, 1.54) is 12.1 Å². The van der Waals surface area contributed by atoms with Gasteiger partial charge in [-0.25, -0.2) is 4.39 Å². The Morgan fingerprint density at radius 2 is 2.18 bits per heavy atom. The van der Waals surface area contributed by atoms with Crippen molar-refractivity contribution in [3.63, 3.8) is 0 Å². The van der Waals surface area contributed by atoms with Crippen molar-refractivity contribution in [1.82, 2.24) is 0 Å². The molecule has 0 radical (unpaired) electrons. The van der Waals surface area contributed by atoms with E-state index in [1.807, 2.05) is 13.8 Å². The fourth-order valence-electron chi connectivity index (χ4n) is 1.43. The fraction of sp³-hybridized carbons (Fsp3) is 0.417. The lowest BCUT2D eigenvalue weighted by molar-refractivity contribution is -0.117. The summed E-state index contributed by atoms with van der Waals surface area (Å²) < 4.78 is 13.0. The number of hydrogen-bond donors (Lipinski definition) is 3. The predicted molar refractivity (Wildman–Crippen MR) is 64.1 cm³/mol. The van der Waals surface area contributed by atoms with Crippen LogP contribution in [0, 0.1) is 11.7 Å². The number of phenols is 1. The maximum absolute atomic E-state index is 13.0. The van der Waals surface area contributed by atoms with E-state index in [9.17, 15) is 9.18 Å². The van der Waals surface area contributed by atoms with Gasteiger partial charge < -0.3 is 16.2 Å². The van der Waals surface area contributed by atoms with E-state index in [1.54, 1.807) is 0 Å². The summed E-state index contributed by atoms with van der Waals surface area (Å²) in [6.07, 6.45) is 0.562. The molecule has 0 spiro atoms. The van der Waals surface area contributed by atoms with E-state index < -0.39 is 17.6 Å². The first kappa shape index (κ1) is 13.4. The Balaban J connectivity index is 2.64. The molecule has 0 aromatic heterocycles. The van der Waals surface area contributed by atoms with Crippen molar-refractivity contribution in [3.05, 3.63) is 24.0 Å². The van der Waals surface area contributed by atoms with Crippen LogP contribution >= 0.6 is 0 Å². The second-order valence-electron chi connectivity index (χ2n) is 4.39. The molecule has 0 aliphatic carbocycles. The van der Waals surface area contributed by atoms with Crippen LogP contribution in [0.25, 0.3) is 0 Å². The average molecular weight is 240 g/mol. The monoisotopic (exact) mass is 240 g/mol. The lowest BCUT2D eigenvalue weighted by Crippen LogP contribution is -2.36. The van der Waals surface area contributed by atoms with Gasteiger partial charge in [0.05, 0.1) is 6.04 Å². The highest BCUT2D eigenvalue weighted by molar-refractivity contribution is 5.94. The van der Waals surface area contributed by atoms with Crippen LogP contribution < -0.4 is 11.1 Å². The number of carbonyl (C=O) groups excluding carboxylic acids is 1. The molecule has 0 saturated heterocycles. The van der Waals surface area contributed by atoms with Gasteiger partial charge in [-0.05, 0) is 24.5 Å². The molecule has 1 amide bonds. The minimum atomic E-state index is -0.778. The Labute approximate surface area is 99.6 Å². The molecular weight excluding hydrogens is 223 g/mol. The van der Waals surface area contributed by atoms with E-state index in [2.05, 4.69) is 5.32 Å². The highest BCUT2D eigenvalue weighted by atomic mass is 19.1. The number of anilines is 1. The molecule has 4 N–H and O–H groups in total. The zero-order chi connectivity index (χ0) is 13.0. The van der Waals surface area contributed by atoms with Gasteiger partial charge in [-0.3, -0.25) is 4.79 Å². The van der Waals surface area contributed by atoms with Gasteiger partial charge in [-0.1, -0.05) is 13.8 Å². The lowest BCUT2D eigenvalue weighted by atomic mass is 10.0. The van der Waals surface area contributed by atoms with Gasteiger partial charge in [0, 0.05) is 11.8 Å². The Bertz CT molecular complexity index is 407. The quantitative estimate of drug-likeness (QED) is 0.703. The number of carbonyl (C=O) groups is 1. The number of aromatic hydroxyl groups is 1. The zero-order valence-corrected chi connectivity index (χ0v) is 9.90. The summed E-state index contributed by atoms with van der Waals surface area (Å²) in [5.41, 5.74) is 5.96. The molecule has 0 fully saturated rings. The van der Waals surface area contributed by atoms with Crippen LogP contribution in [0.15, 0.2) is 18.2 Å². The smallest absolute Gasteiger partial charge is 0.241 e. The maximum atomic E-state index is 13.0. The van der Waals surface area contributed by atoms with Gasteiger partial charge in [0.15, 0.2) is 11.6 Å². The second-order valence-corrected chi connectivity index (χ2v) is 4.39. The van der Waals surface area contributed by atoms with E-state index in [-0.39, 0.29) is 11.6 Å². The normalized spacial score (nSPS) is 12.5. The summed E-state index contributed by atoms with van der Waals surface area (Å²) in [6.45, 7) is 3.93. The fourth-order valence-corrected chi connectivity index (χ4v) is 1.43. The Morgan fingerprint density at radius 1 is 1.53 bits per heavy atom. The Hall–Kier alpha value is -1.62. The lowest BCUT2D eigenvalue weighted by Gasteiger charge is -2.14. The zero-order valence-electron chi connectivity index (χ0n) is 9.90. The number of nitrogens with one attached hydrogen (secondary N) is 1. The van der Waals surface area contributed by atoms with Crippen molar-refractivity contribution >= 4 is 11.6 Å². The first-order valence-electron chi connectivity index (χ1n) is 5.45. The molecule has 5 heteroatoms. The molecule has 17 heavy (non-hydrogen) atoms. The topological polar surface area (TPSA) is 75.4 Å². The highest BCUT2D eigenvalue weighted by Gasteiger charge is 2.15. The molecule has 4 nitrogen and oxygen atoms in total. The van der Waals surface area contributed by atoms with E-state index in [4.69, 9.17) is 10.8 Å². The summed E-state index contributed by atoms with van der Waals surface area (Å²) in [4.78, 5) is 11.6. The number of hydrogen-bond acceptors (Lipinski definition) is 3. The first-order valence-corrected chi connectivity index (χ1v) is 5.45. The Kier molecular flexibility index (Phi) is 4.45. The van der Waals surface area contributed by atoms with Crippen LogP contribution in [0.4, 0.5) is 10.1 Å². The molecule has 0 unspecified atom stereocenters. The van der Waals surface area contributed by atoms with E-state index >= 15 is 0 Å². The van der Waals surface area contributed by atoms with E-state index in [0.29, 0.717) is 12.3 Å². The van der Waals surface area contributed by atoms with Crippen molar-refractivity contribution in [1.29, 1.82) is 0 Å². The van der Waals surface area contributed by atoms with Gasteiger partial charge in [-0.15, -0.1) is 0 Å². The van der Waals surface area contributed by atoms with Crippen LogP contribution in [0.3, 0.4) is 0 Å². The molecule has 1 atom stereocenters. The number of amides is 1. The summed E-state index contributed by atoms with van der Waals surface area (Å²) in [6, 6.07) is 3.03. The third-order valence-electron chi connectivity index (χ3n) is 2.28. The standard InChI is InChI=1S/C12H17FN2O2/c1-7(2)5-10(14)12(17)15-8-3-4-11(16)9(13)6-8/h3-4,6-7,10,16H,5,14H2,1-2H3,(H,15,17)/t10-/m0/s1. The number of rotatable bonds is 4. The molecule has 0 bridgehead atoms. The molecule has 0 heterocycles. The van der Waals surface area contributed by atoms with Gasteiger partial charge in [0.2, 0.25) is 5.91 Å². The molecule has 1 aromatic carbocycles. The van der Waals surface area contributed by atoms with Crippen molar-refractivity contribution in [2.24, 2.45) is 11.7 Å². The maximum Gasteiger partial charge on any atom is 0.241 e. The largest absolute Gasteiger partial charge is 0.505 e. The van der Waals surface area contributed by atoms with Crippen molar-refractivity contribution < 1.29 is 14.3 Å². The highest BCUT2D eigenvalue weighted by Crippen LogP contribution is 2.19. The molecule has 0 aliphatic heterocycles. The Morgan fingerprint density at radius 3 is 2.71 bits per heavy atom. The SMILES string of the molecule is CC(C)C[C@H](N)C(=O)Nc1ccc(O)c(F)c1. The number of nitrogens with two attached hydrogens (primary N) is 1. The summed E-state index contributed by atoms with van der Waals surface area (Å²) in [7, 11) is 0. The minimum Gasteiger partial charge on any atom is -0.505 e. The molecule has 94 valence electrons. The van der Waals surface area contributed by atoms with Crippen LogP contribution in [-0.2, 0) is 4.79 Å². The van der Waals surface area contributed by atoms with Gasteiger partial charge in [-0.2, -0.15) is 0 Å². The number of phenolic OH excluding ortho intramolecular Hbond substituents is 1. The van der Waals surface area contributed by atoms with E-state index in [0.717, 1.165) is 6.07 Å². The number of benzene rings is 1. The summed E-state index contributed by atoms with van der Waals surface area (Å²) in [5.74, 6) is -1.27. The molecule has 1 aromatic rings. The van der Waals surface area contributed by atoms with Crippen molar-refractivity contribution in [3.8, 4) is 5.75 Å². The van der Waals surface area contributed by atoms with Crippen LogP contribution in [-0.4, -0.2) is 17.1 Å². The first-order chi connectivity index (χ1) is 7.90. The third-order valence-corrected chi connectivity index (χ3v) is 2.28. The minimum absolute atomic E-state index is 0.282. The summed E-state index contributed by atoms with van der Waals surface area (Å²) >= 11 is 0. The van der Waals surface area contributed by atoms with Crippen LogP contribution in [0.2, 0.25) is 0 Å². The van der Waals surface area contributed by atoms with Gasteiger partial charge in [0.25, 0.3) is 0 Å². The molecule has 1 rings (SSSR count).